The van der Waals surface area contributed by atoms with E-state index in [4.69, 9.17) is 19.8 Å². The average Bonchev–Trinajstić information content (AvgIpc) is 3.49. The van der Waals surface area contributed by atoms with Crippen LogP contribution in [-0.4, -0.2) is 48.7 Å². The van der Waals surface area contributed by atoms with E-state index in [1.807, 2.05) is 7.05 Å². The highest BCUT2D eigenvalue weighted by Crippen LogP contribution is 2.36. The van der Waals surface area contributed by atoms with Crippen molar-refractivity contribution in [2.24, 2.45) is 17.8 Å². The van der Waals surface area contributed by atoms with Crippen molar-refractivity contribution < 1.29 is 9.63 Å². The number of hydrogen-bond donors (Lipinski definition) is 3. The summed E-state index contributed by atoms with van der Waals surface area (Å²) in [5.74, 6) is 3.93. The molecule has 1 amide bonds. The lowest BCUT2D eigenvalue weighted by atomic mass is 9.80. The van der Waals surface area contributed by atoms with Crippen LogP contribution in [0.15, 0.2) is 18.6 Å². The second-order valence-electron chi connectivity index (χ2n) is 11.5. The van der Waals surface area contributed by atoms with Crippen molar-refractivity contribution in [2.45, 2.75) is 84.1 Å². The molecular formula is C27H38N10O2. The summed E-state index contributed by atoms with van der Waals surface area (Å²) in [6.45, 7) is 5.98. The smallest absolute Gasteiger partial charge is 0.365 e. The Bertz CT molecular complexity index is 1300. The molecule has 6 rings (SSSR count). The predicted octanol–water partition coefficient (Wildman–Crippen LogP) is 3.92. The Morgan fingerprint density at radius 2 is 1.97 bits per heavy atom. The predicted molar refractivity (Wildman–Crippen MR) is 147 cm³/mol. The fourth-order valence-corrected chi connectivity index (χ4v) is 5.91. The van der Waals surface area contributed by atoms with Gasteiger partial charge in [0.05, 0.1) is 18.4 Å². The Labute approximate surface area is 228 Å². The van der Waals surface area contributed by atoms with Gasteiger partial charge in [-0.15, -0.1) is 5.48 Å². The van der Waals surface area contributed by atoms with Crippen molar-refractivity contribution in [3.05, 3.63) is 30.1 Å². The van der Waals surface area contributed by atoms with Crippen LogP contribution in [0.1, 0.15) is 76.5 Å². The minimum atomic E-state index is -0.646. The summed E-state index contributed by atoms with van der Waals surface area (Å²) in [6, 6.07) is 0.256. The van der Waals surface area contributed by atoms with E-state index in [0.717, 1.165) is 35.4 Å². The molecule has 12 nitrogen and oxygen atoms in total. The second kappa shape index (κ2) is 10.9. The third-order valence-corrected chi connectivity index (χ3v) is 8.54. The number of aromatic nitrogens is 6. The van der Waals surface area contributed by atoms with E-state index in [1.165, 1.54) is 44.9 Å². The number of fused-ring (bicyclic) bond motifs is 1. The largest absolute Gasteiger partial charge is 0.427 e. The Kier molecular flexibility index (Phi) is 7.20. The average molecular weight is 535 g/mol. The van der Waals surface area contributed by atoms with Crippen LogP contribution in [0.4, 0.5) is 16.6 Å². The molecule has 1 saturated heterocycles. The lowest BCUT2D eigenvalue weighted by molar-refractivity contribution is 0.120. The summed E-state index contributed by atoms with van der Waals surface area (Å²) in [4.78, 5) is 42.3. The second-order valence-corrected chi connectivity index (χ2v) is 11.5. The molecule has 208 valence electrons. The number of carbonyl (C=O) groups is 1. The Balaban J connectivity index is 1.43. The van der Waals surface area contributed by atoms with E-state index < -0.39 is 12.3 Å². The minimum Gasteiger partial charge on any atom is -0.365 e. The fourth-order valence-electron chi connectivity index (χ4n) is 5.91. The number of amides is 1. The molecule has 3 aromatic heterocycles. The highest BCUT2D eigenvalue weighted by Gasteiger charge is 2.32. The molecule has 0 aromatic carbocycles. The topological polar surface area (TPSA) is 135 Å². The van der Waals surface area contributed by atoms with Crippen LogP contribution in [0.5, 0.6) is 0 Å². The molecule has 0 spiro atoms. The zero-order chi connectivity index (χ0) is 26.9. The van der Waals surface area contributed by atoms with Crippen molar-refractivity contribution in [3.63, 3.8) is 0 Å². The summed E-state index contributed by atoms with van der Waals surface area (Å²) in [7, 11) is 2.03. The summed E-state index contributed by atoms with van der Waals surface area (Å²) >= 11 is 0. The Hall–Kier alpha value is -3.54. The summed E-state index contributed by atoms with van der Waals surface area (Å²) < 4.78 is 2.29. The van der Waals surface area contributed by atoms with Gasteiger partial charge >= 0.3 is 6.09 Å². The van der Waals surface area contributed by atoms with Gasteiger partial charge in [0, 0.05) is 32.0 Å². The number of hydroxylamine groups is 1. The van der Waals surface area contributed by atoms with Crippen LogP contribution < -0.4 is 21.0 Å². The van der Waals surface area contributed by atoms with Gasteiger partial charge in [0.15, 0.2) is 23.5 Å². The first-order valence-electron chi connectivity index (χ1n) is 14.2. The molecule has 3 aliphatic rings. The van der Waals surface area contributed by atoms with Crippen molar-refractivity contribution >= 4 is 29.0 Å². The SMILES string of the molecule is CC1CCC(Cn2c(N(C)Cc3cnccn3)nc3nc(C4NOC(=O)N4)nc(N[C@H](C)C4CCC4)c32)CC1. The highest BCUT2D eigenvalue weighted by atomic mass is 16.7. The molecule has 0 radical (unpaired) electrons. The van der Waals surface area contributed by atoms with Gasteiger partial charge in [0.25, 0.3) is 0 Å². The highest BCUT2D eigenvalue weighted by molar-refractivity contribution is 5.86. The number of nitrogens with one attached hydrogen (secondary N) is 3. The first-order chi connectivity index (χ1) is 18.9. The van der Waals surface area contributed by atoms with Gasteiger partial charge in [-0.2, -0.15) is 4.98 Å². The molecule has 0 bridgehead atoms. The van der Waals surface area contributed by atoms with Gasteiger partial charge in [0.1, 0.15) is 5.52 Å². The monoisotopic (exact) mass is 534 g/mol. The lowest BCUT2D eigenvalue weighted by Gasteiger charge is -2.32. The fraction of sp³-hybridized carbons (Fsp3) is 0.630. The Morgan fingerprint density at radius 3 is 2.64 bits per heavy atom. The van der Waals surface area contributed by atoms with Gasteiger partial charge in [0.2, 0.25) is 5.95 Å². The standard InChI is InChI=1S/C27H38N10O2/c1-16-7-9-18(10-8-16)14-37-21-22(30-17(2)19-5-4-6-19)31-24(25-34-27(38)39-35-25)32-23(21)33-26(37)36(3)15-20-13-28-11-12-29-20/h11-13,16-19,25,35H,4-10,14-15H2,1-3H3,(H,34,38)(H,30,31,32)/t16?,17-,18?,25?/m1/s1. The maximum absolute atomic E-state index is 11.7. The van der Waals surface area contributed by atoms with E-state index in [2.05, 4.69) is 49.4 Å². The van der Waals surface area contributed by atoms with Gasteiger partial charge in [-0.25, -0.2) is 14.8 Å². The molecule has 2 aliphatic carbocycles. The van der Waals surface area contributed by atoms with Gasteiger partial charge < -0.3 is 19.6 Å². The number of rotatable bonds is 9. The van der Waals surface area contributed by atoms with E-state index in [9.17, 15) is 4.79 Å². The van der Waals surface area contributed by atoms with Crippen LogP contribution in [0.25, 0.3) is 11.2 Å². The van der Waals surface area contributed by atoms with Crippen LogP contribution in [-0.2, 0) is 17.9 Å². The first kappa shape index (κ1) is 25.7. The zero-order valence-electron chi connectivity index (χ0n) is 22.9. The number of imidazole rings is 1. The van der Waals surface area contributed by atoms with E-state index >= 15 is 0 Å². The molecule has 1 aliphatic heterocycles. The molecular weight excluding hydrogens is 496 g/mol. The molecule has 3 aromatic rings. The molecule has 1 unspecified atom stereocenters. The third kappa shape index (κ3) is 5.47. The first-order valence-corrected chi connectivity index (χ1v) is 14.2. The zero-order valence-corrected chi connectivity index (χ0v) is 22.9. The normalized spacial score (nSPS) is 24.2. The van der Waals surface area contributed by atoms with Crippen LogP contribution in [0.2, 0.25) is 0 Å². The van der Waals surface area contributed by atoms with E-state index in [0.29, 0.717) is 29.9 Å². The molecule has 4 heterocycles. The van der Waals surface area contributed by atoms with E-state index in [-0.39, 0.29) is 6.04 Å². The number of nitrogens with zero attached hydrogens (tertiary/aromatic N) is 7. The molecule has 3 N–H and O–H groups in total. The van der Waals surface area contributed by atoms with Gasteiger partial charge in [-0.1, -0.05) is 26.2 Å². The summed E-state index contributed by atoms with van der Waals surface area (Å²) in [6.07, 6.45) is 12.6. The number of hydrogen-bond acceptors (Lipinski definition) is 10. The van der Waals surface area contributed by atoms with E-state index in [1.54, 1.807) is 18.6 Å². The summed E-state index contributed by atoms with van der Waals surface area (Å²) in [5.41, 5.74) is 5.04. The molecule has 39 heavy (non-hydrogen) atoms. The third-order valence-electron chi connectivity index (χ3n) is 8.54. The van der Waals surface area contributed by atoms with Gasteiger partial charge in [-0.3, -0.25) is 15.3 Å². The number of anilines is 2. The van der Waals surface area contributed by atoms with Crippen molar-refractivity contribution in [1.82, 2.24) is 40.3 Å². The number of carbonyl (C=O) groups excluding carboxylic acids is 1. The van der Waals surface area contributed by atoms with Crippen molar-refractivity contribution in [2.75, 3.05) is 17.3 Å². The maximum Gasteiger partial charge on any atom is 0.427 e. The molecule has 2 atom stereocenters. The molecule has 12 heteroatoms. The quantitative estimate of drug-likeness (QED) is 0.371. The maximum atomic E-state index is 11.7. The van der Waals surface area contributed by atoms with Gasteiger partial charge in [-0.05, 0) is 50.4 Å². The van der Waals surface area contributed by atoms with Crippen LogP contribution in [0.3, 0.4) is 0 Å². The summed E-state index contributed by atoms with van der Waals surface area (Å²) in [5, 5.41) is 6.44. The molecule has 3 fully saturated rings. The van der Waals surface area contributed by atoms with Crippen LogP contribution >= 0.6 is 0 Å². The minimum absolute atomic E-state index is 0.256. The Morgan fingerprint density at radius 1 is 1.15 bits per heavy atom. The van der Waals surface area contributed by atoms with Crippen molar-refractivity contribution in [1.29, 1.82) is 0 Å². The molecule has 2 saturated carbocycles. The lowest BCUT2D eigenvalue weighted by Crippen LogP contribution is -2.32. The van der Waals surface area contributed by atoms with Crippen molar-refractivity contribution in [3.8, 4) is 0 Å². The van der Waals surface area contributed by atoms with Crippen LogP contribution in [0, 0.1) is 17.8 Å².